The van der Waals surface area contributed by atoms with Crippen molar-refractivity contribution in [1.29, 1.82) is 5.26 Å². The Hall–Kier alpha value is -3.27. The van der Waals surface area contributed by atoms with Crippen LogP contribution in [0.1, 0.15) is 16.7 Å². The molecule has 0 aliphatic heterocycles. The van der Waals surface area contributed by atoms with Crippen LogP contribution in [0.2, 0.25) is 0 Å². The van der Waals surface area contributed by atoms with Crippen molar-refractivity contribution in [2.75, 3.05) is 10.6 Å². The molecular formula is C19H16F3N3O. The second-order valence-electron chi connectivity index (χ2n) is 5.58. The predicted octanol–water partition coefficient (Wildman–Crippen LogP) is 4.78. The van der Waals surface area contributed by atoms with E-state index in [1.807, 2.05) is 32.0 Å². The number of alkyl halides is 3. The SMILES string of the molecule is Cc1cccc(C)c1N/C=C(/C#N)C(=O)Nc1ccccc1C(F)(F)F. The summed E-state index contributed by atoms with van der Waals surface area (Å²) < 4.78 is 39.0. The van der Waals surface area contributed by atoms with Crippen molar-refractivity contribution in [3.05, 3.63) is 70.9 Å². The molecule has 0 saturated heterocycles. The third-order valence-corrected chi connectivity index (χ3v) is 3.69. The topological polar surface area (TPSA) is 64.9 Å². The average molecular weight is 359 g/mol. The smallest absolute Gasteiger partial charge is 0.360 e. The Morgan fingerprint density at radius 3 is 2.27 bits per heavy atom. The van der Waals surface area contributed by atoms with Gasteiger partial charge in [0.2, 0.25) is 0 Å². The minimum Gasteiger partial charge on any atom is -0.360 e. The van der Waals surface area contributed by atoms with Crippen LogP contribution < -0.4 is 10.6 Å². The van der Waals surface area contributed by atoms with Crippen LogP contribution in [0, 0.1) is 25.2 Å². The van der Waals surface area contributed by atoms with E-state index in [-0.39, 0.29) is 5.57 Å². The van der Waals surface area contributed by atoms with E-state index in [2.05, 4.69) is 10.6 Å². The van der Waals surface area contributed by atoms with E-state index in [0.29, 0.717) is 0 Å². The highest BCUT2D eigenvalue weighted by Gasteiger charge is 2.33. The number of aryl methyl sites for hydroxylation is 2. The third-order valence-electron chi connectivity index (χ3n) is 3.69. The van der Waals surface area contributed by atoms with E-state index in [0.717, 1.165) is 28.9 Å². The number of hydrogen-bond donors (Lipinski definition) is 2. The van der Waals surface area contributed by atoms with Crippen molar-refractivity contribution in [2.45, 2.75) is 20.0 Å². The first kappa shape index (κ1) is 19.1. The molecule has 0 aromatic heterocycles. The average Bonchev–Trinajstić information content (AvgIpc) is 2.57. The van der Waals surface area contributed by atoms with E-state index in [4.69, 9.17) is 0 Å². The van der Waals surface area contributed by atoms with Gasteiger partial charge in [-0.05, 0) is 37.1 Å². The molecule has 0 unspecified atom stereocenters. The lowest BCUT2D eigenvalue weighted by Crippen LogP contribution is -2.18. The van der Waals surface area contributed by atoms with E-state index >= 15 is 0 Å². The van der Waals surface area contributed by atoms with Crippen LogP contribution in [0.5, 0.6) is 0 Å². The van der Waals surface area contributed by atoms with Crippen LogP contribution in [-0.2, 0) is 11.0 Å². The van der Waals surface area contributed by atoms with Gasteiger partial charge in [0.05, 0.1) is 11.3 Å². The van der Waals surface area contributed by atoms with Gasteiger partial charge in [-0.25, -0.2) is 0 Å². The summed E-state index contributed by atoms with van der Waals surface area (Å²) in [7, 11) is 0. The molecule has 0 bridgehead atoms. The number of carbonyl (C=O) groups excluding carboxylic acids is 1. The summed E-state index contributed by atoms with van der Waals surface area (Å²) in [6.45, 7) is 3.71. The largest absolute Gasteiger partial charge is 0.418 e. The van der Waals surface area contributed by atoms with Crippen LogP contribution in [0.15, 0.2) is 54.2 Å². The van der Waals surface area contributed by atoms with Gasteiger partial charge in [-0.15, -0.1) is 0 Å². The number of amides is 1. The maximum Gasteiger partial charge on any atom is 0.418 e. The molecule has 2 N–H and O–H groups in total. The summed E-state index contributed by atoms with van der Waals surface area (Å²) in [6.07, 6.45) is -3.43. The second kappa shape index (κ2) is 7.74. The Bertz CT molecular complexity index is 875. The summed E-state index contributed by atoms with van der Waals surface area (Å²) in [5.74, 6) is -0.928. The highest BCUT2D eigenvalue weighted by atomic mass is 19.4. The molecular weight excluding hydrogens is 343 g/mol. The molecule has 0 radical (unpaired) electrons. The van der Waals surface area contributed by atoms with Gasteiger partial charge in [0, 0.05) is 11.9 Å². The molecule has 4 nitrogen and oxygen atoms in total. The highest BCUT2D eigenvalue weighted by molar-refractivity contribution is 6.07. The summed E-state index contributed by atoms with van der Waals surface area (Å²) in [5, 5.41) is 14.2. The Balaban J connectivity index is 2.24. The molecule has 7 heteroatoms. The molecule has 0 heterocycles. The zero-order valence-corrected chi connectivity index (χ0v) is 14.1. The number of rotatable bonds is 4. The van der Waals surface area contributed by atoms with Crippen molar-refractivity contribution in [3.63, 3.8) is 0 Å². The first-order chi connectivity index (χ1) is 12.2. The van der Waals surface area contributed by atoms with E-state index in [9.17, 15) is 23.2 Å². The van der Waals surface area contributed by atoms with Crippen molar-refractivity contribution in [2.24, 2.45) is 0 Å². The quantitative estimate of drug-likeness (QED) is 0.610. The van der Waals surface area contributed by atoms with Crippen LogP contribution >= 0.6 is 0 Å². The molecule has 134 valence electrons. The molecule has 2 aromatic carbocycles. The summed E-state index contributed by atoms with van der Waals surface area (Å²) in [4.78, 5) is 12.2. The van der Waals surface area contributed by atoms with Crippen molar-refractivity contribution in [3.8, 4) is 6.07 Å². The molecule has 0 atom stereocenters. The Morgan fingerprint density at radius 2 is 1.69 bits per heavy atom. The number of nitriles is 1. The number of hydrogen-bond acceptors (Lipinski definition) is 3. The van der Waals surface area contributed by atoms with Gasteiger partial charge in [0.15, 0.2) is 0 Å². The fraction of sp³-hybridized carbons (Fsp3) is 0.158. The van der Waals surface area contributed by atoms with Crippen LogP contribution in [0.3, 0.4) is 0 Å². The molecule has 0 spiro atoms. The van der Waals surface area contributed by atoms with E-state index < -0.39 is 23.3 Å². The Labute approximate surface area is 149 Å². The number of anilines is 2. The fourth-order valence-electron chi connectivity index (χ4n) is 2.36. The van der Waals surface area contributed by atoms with E-state index in [1.54, 1.807) is 6.07 Å². The predicted molar refractivity (Wildman–Crippen MR) is 93.3 cm³/mol. The van der Waals surface area contributed by atoms with Crippen LogP contribution in [0.25, 0.3) is 0 Å². The maximum absolute atomic E-state index is 13.0. The standard InChI is InChI=1S/C19H16F3N3O/c1-12-6-5-7-13(2)17(12)24-11-14(10-23)18(26)25-16-9-4-3-8-15(16)19(20,21)22/h3-9,11,24H,1-2H3,(H,25,26)/b14-11-. The lowest BCUT2D eigenvalue weighted by Gasteiger charge is -2.13. The van der Waals surface area contributed by atoms with Gasteiger partial charge < -0.3 is 10.6 Å². The number of nitrogens with one attached hydrogen (secondary N) is 2. The van der Waals surface area contributed by atoms with Crippen LogP contribution in [0.4, 0.5) is 24.5 Å². The second-order valence-corrected chi connectivity index (χ2v) is 5.58. The zero-order chi connectivity index (χ0) is 19.3. The number of nitrogens with zero attached hydrogens (tertiary/aromatic N) is 1. The van der Waals surface area contributed by atoms with Gasteiger partial charge in [-0.3, -0.25) is 4.79 Å². The van der Waals surface area contributed by atoms with Crippen molar-refractivity contribution >= 4 is 17.3 Å². The number of benzene rings is 2. The lowest BCUT2D eigenvalue weighted by atomic mass is 10.1. The monoisotopic (exact) mass is 359 g/mol. The van der Waals surface area contributed by atoms with Gasteiger partial charge in [-0.1, -0.05) is 30.3 Å². The molecule has 0 saturated carbocycles. The first-order valence-corrected chi connectivity index (χ1v) is 7.64. The van der Waals surface area contributed by atoms with Crippen molar-refractivity contribution < 1.29 is 18.0 Å². The summed E-state index contributed by atoms with van der Waals surface area (Å²) in [6, 6.07) is 11.9. The highest BCUT2D eigenvalue weighted by Crippen LogP contribution is 2.34. The van der Waals surface area contributed by atoms with Gasteiger partial charge >= 0.3 is 6.18 Å². The minimum atomic E-state index is -4.61. The Morgan fingerprint density at radius 1 is 1.08 bits per heavy atom. The van der Waals surface area contributed by atoms with Gasteiger partial charge in [-0.2, -0.15) is 18.4 Å². The summed E-state index contributed by atoms with van der Waals surface area (Å²) >= 11 is 0. The zero-order valence-electron chi connectivity index (χ0n) is 14.1. The molecule has 0 aliphatic rings. The van der Waals surface area contributed by atoms with E-state index in [1.165, 1.54) is 18.3 Å². The molecule has 1 amide bonds. The normalized spacial score (nSPS) is 11.6. The lowest BCUT2D eigenvalue weighted by molar-refractivity contribution is -0.137. The van der Waals surface area contributed by atoms with Gasteiger partial charge in [0.25, 0.3) is 5.91 Å². The summed E-state index contributed by atoms with van der Waals surface area (Å²) in [5.41, 5.74) is 0.808. The molecule has 2 aromatic rings. The molecule has 2 rings (SSSR count). The molecule has 0 fully saturated rings. The fourth-order valence-corrected chi connectivity index (χ4v) is 2.36. The van der Waals surface area contributed by atoms with Crippen LogP contribution in [-0.4, -0.2) is 5.91 Å². The first-order valence-electron chi connectivity index (χ1n) is 7.64. The number of carbonyl (C=O) groups is 1. The molecule has 26 heavy (non-hydrogen) atoms. The van der Waals surface area contributed by atoms with Gasteiger partial charge in [0.1, 0.15) is 11.6 Å². The number of para-hydroxylation sites is 2. The maximum atomic E-state index is 13.0. The Kier molecular flexibility index (Phi) is 5.68. The van der Waals surface area contributed by atoms with Crippen molar-refractivity contribution in [1.82, 2.24) is 0 Å². The molecule has 0 aliphatic carbocycles. The minimum absolute atomic E-state index is 0.343. The third kappa shape index (κ3) is 4.42. The number of halogens is 3.